The van der Waals surface area contributed by atoms with E-state index >= 15 is 0 Å². The van der Waals surface area contributed by atoms with E-state index < -0.39 is 35.5 Å². The van der Waals surface area contributed by atoms with E-state index in [2.05, 4.69) is 10.3 Å². The van der Waals surface area contributed by atoms with Crippen molar-refractivity contribution >= 4 is 35.5 Å². The van der Waals surface area contributed by atoms with Gasteiger partial charge in [0, 0.05) is 6.42 Å². The van der Waals surface area contributed by atoms with E-state index in [0.717, 1.165) is 11.8 Å². The van der Waals surface area contributed by atoms with Crippen LogP contribution in [0.25, 0.3) is 0 Å². The number of aromatic nitrogens is 1. The predicted octanol–water partition coefficient (Wildman–Crippen LogP) is -4.57. The number of carboxylic acids is 1. The maximum atomic E-state index is 12.4. The van der Waals surface area contributed by atoms with E-state index in [9.17, 15) is 24.3 Å². The minimum absolute atomic E-state index is 0. The molecule has 28 heavy (non-hydrogen) atoms. The van der Waals surface area contributed by atoms with Crippen LogP contribution in [0.4, 0.5) is 0 Å². The summed E-state index contributed by atoms with van der Waals surface area (Å²) in [7, 11) is 0. The second kappa shape index (κ2) is 8.82. The van der Waals surface area contributed by atoms with Gasteiger partial charge in [0.1, 0.15) is 24.4 Å². The van der Waals surface area contributed by atoms with Crippen molar-refractivity contribution in [3.05, 3.63) is 11.5 Å². The van der Waals surface area contributed by atoms with E-state index in [-0.39, 0.29) is 54.8 Å². The molecule has 2 aliphatic heterocycles. The minimum Gasteiger partial charge on any atom is -0.544 e. The minimum atomic E-state index is -2.31. The average Bonchev–Trinajstić information content (AvgIpc) is 3.26. The summed E-state index contributed by atoms with van der Waals surface area (Å²) in [5.74, 6) is -3.30. The molecule has 2 aliphatic rings. The smallest absolute Gasteiger partial charge is 0.544 e. The number of esters is 1. The van der Waals surface area contributed by atoms with E-state index in [4.69, 9.17) is 14.0 Å². The van der Waals surface area contributed by atoms with E-state index in [1.54, 1.807) is 13.8 Å². The number of aliphatic carboxylic acids is 1. The Hall–Kier alpha value is -1.60. The van der Waals surface area contributed by atoms with Crippen LogP contribution in [0.2, 0.25) is 0 Å². The second-order valence-electron chi connectivity index (χ2n) is 6.00. The number of nitrogens with zero attached hydrogens (tertiary/aromatic N) is 2. The number of carbonyl (C=O) groups is 4. The fourth-order valence-corrected chi connectivity index (χ4v) is 3.33. The zero-order valence-electron chi connectivity index (χ0n) is 15.5. The summed E-state index contributed by atoms with van der Waals surface area (Å²) in [5.41, 5.74) is -1.60. The topological polar surface area (TPSA) is 151 Å². The molecule has 2 amide bonds. The summed E-state index contributed by atoms with van der Waals surface area (Å²) in [6.07, 6.45) is -0.483. The number of oxazole rings is 1. The van der Waals surface area contributed by atoms with Crippen molar-refractivity contribution in [1.82, 2.24) is 15.4 Å². The molecule has 11 nitrogen and oxygen atoms in total. The van der Waals surface area contributed by atoms with Gasteiger partial charge in [-0.25, -0.2) is 4.98 Å². The van der Waals surface area contributed by atoms with Gasteiger partial charge in [-0.15, -0.1) is 0 Å². The van der Waals surface area contributed by atoms with Gasteiger partial charge in [0.2, 0.25) is 5.91 Å². The van der Waals surface area contributed by atoms with Crippen molar-refractivity contribution in [1.29, 1.82) is 0 Å². The van der Waals surface area contributed by atoms with Gasteiger partial charge < -0.3 is 24.4 Å². The van der Waals surface area contributed by atoms with Crippen LogP contribution in [-0.4, -0.2) is 57.9 Å². The quantitative estimate of drug-likeness (QED) is 0.270. The van der Waals surface area contributed by atoms with Crippen molar-refractivity contribution < 1.29 is 67.8 Å². The van der Waals surface area contributed by atoms with Crippen LogP contribution in [-0.2, 0) is 28.8 Å². The molecule has 146 valence electrons. The van der Waals surface area contributed by atoms with Crippen LogP contribution < -0.4 is 40.0 Å². The largest absolute Gasteiger partial charge is 1.00 e. The van der Waals surface area contributed by atoms with Gasteiger partial charge in [0.05, 0.1) is 17.9 Å². The SMILES string of the molecule is Cc1nc(SCC(=O)N[C@H]2CON(C3(C(=O)[O-])CCC(=O)O3)C2=O)oc1C.[Na+]. The fourth-order valence-electron chi connectivity index (χ4n) is 2.61. The summed E-state index contributed by atoms with van der Waals surface area (Å²) in [5, 5.41) is 14.7. The number of ether oxygens (including phenoxy) is 1. The van der Waals surface area contributed by atoms with Gasteiger partial charge in [-0.1, -0.05) is 11.8 Å². The van der Waals surface area contributed by atoms with Crippen LogP contribution in [0.3, 0.4) is 0 Å². The van der Waals surface area contributed by atoms with Crippen molar-refractivity contribution in [2.75, 3.05) is 12.4 Å². The first-order valence-corrected chi connectivity index (χ1v) is 8.98. The molecule has 0 saturated carbocycles. The molecule has 1 aromatic rings. The van der Waals surface area contributed by atoms with Crippen molar-refractivity contribution in [3.8, 4) is 0 Å². The molecule has 2 fully saturated rings. The molecule has 0 aliphatic carbocycles. The van der Waals surface area contributed by atoms with Gasteiger partial charge in [0.25, 0.3) is 16.9 Å². The molecule has 3 heterocycles. The summed E-state index contributed by atoms with van der Waals surface area (Å²) in [4.78, 5) is 56.5. The predicted molar refractivity (Wildman–Crippen MR) is 84.5 cm³/mol. The third-order valence-corrected chi connectivity index (χ3v) is 4.97. The number of hydrogen-bond donors (Lipinski definition) is 1. The summed E-state index contributed by atoms with van der Waals surface area (Å²) < 4.78 is 10.1. The normalized spacial score (nSPS) is 24.1. The first kappa shape index (κ1) is 22.7. The molecule has 1 N–H and O–H groups in total. The number of thioether (sulfide) groups is 1. The summed E-state index contributed by atoms with van der Waals surface area (Å²) in [6.45, 7) is 3.23. The molecule has 0 bridgehead atoms. The number of carboxylic acid groups (broad SMARTS) is 1. The third kappa shape index (κ3) is 4.35. The van der Waals surface area contributed by atoms with Gasteiger partial charge in [-0.3, -0.25) is 19.2 Å². The van der Waals surface area contributed by atoms with Gasteiger partial charge in [-0.05, 0) is 13.8 Å². The van der Waals surface area contributed by atoms with Crippen LogP contribution in [0, 0.1) is 13.8 Å². The molecule has 13 heteroatoms. The van der Waals surface area contributed by atoms with Crippen molar-refractivity contribution in [3.63, 3.8) is 0 Å². The first-order valence-electron chi connectivity index (χ1n) is 7.99. The molecule has 0 aromatic carbocycles. The molecule has 2 atom stereocenters. The Morgan fingerprint density at radius 3 is 2.64 bits per heavy atom. The second-order valence-corrected chi connectivity index (χ2v) is 6.93. The maximum Gasteiger partial charge on any atom is 1.00 e. The third-order valence-electron chi connectivity index (χ3n) is 4.14. The van der Waals surface area contributed by atoms with Crippen LogP contribution in [0.5, 0.6) is 0 Å². The number of amides is 2. The van der Waals surface area contributed by atoms with Crippen molar-refractivity contribution in [2.45, 2.75) is 43.7 Å². The van der Waals surface area contributed by atoms with E-state index in [1.165, 1.54) is 0 Å². The van der Waals surface area contributed by atoms with Gasteiger partial charge >= 0.3 is 35.5 Å². The number of cyclic esters (lactones) is 1. The maximum absolute atomic E-state index is 12.4. The monoisotopic (exact) mass is 421 g/mol. The van der Waals surface area contributed by atoms with Crippen LogP contribution >= 0.6 is 11.8 Å². The number of nitrogens with one attached hydrogen (secondary N) is 1. The Morgan fingerprint density at radius 1 is 1.39 bits per heavy atom. The first-order chi connectivity index (χ1) is 12.7. The zero-order chi connectivity index (χ0) is 19.8. The number of rotatable bonds is 6. The number of aryl methyl sites for hydroxylation is 2. The number of carbonyl (C=O) groups excluding carboxylic acids is 4. The molecular formula is C15H16N3NaO8S. The molecule has 0 radical (unpaired) electrons. The molecule has 0 spiro atoms. The molecular weight excluding hydrogens is 405 g/mol. The Bertz CT molecular complexity index is 796. The van der Waals surface area contributed by atoms with Gasteiger partial charge in [0.15, 0.2) is 0 Å². The molecule has 1 unspecified atom stereocenters. The van der Waals surface area contributed by atoms with Crippen molar-refractivity contribution in [2.24, 2.45) is 0 Å². The Morgan fingerprint density at radius 2 is 2.11 bits per heavy atom. The number of hydroxylamine groups is 2. The number of hydrogen-bond acceptors (Lipinski definition) is 10. The Labute approximate surface area is 185 Å². The standard InChI is InChI=1S/C15H17N3O8S.Na/c1-7-8(2)25-14(16-7)27-6-10(19)17-9-5-24-18(12(9)21)15(13(22)23)4-3-11(20)26-15;/h9H,3-6H2,1-2H3,(H,17,19)(H,22,23);/q;+1/p-1/t9-,15?;/m0./s1. The molecule has 1 aromatic heterocycles. The van der Waals surface area contributed by atoms with E-state index in [0.29, 0.717) is 21.7 Å². The van der Waals surface area contributed by atoms with Crippen LogP contribution in [0.15, 0.2) is 9.64 Å². The average molecular weight is 421 g/mol. The summed E-state index contributed by atoms with van der Waals surface area (Å²) >= 11 is 1.05. The zero-order valence-corrected chi connectivity index (χ0v) is 18.3. The molecule has 2 saturated heterocycles. The summed E-state index contributed by atoms with van der Waals surface area (Å²) in [6, 6.07) is -1.11. The van der Waals surface area contributed by atoms with Gasteiger partial charge in [-0.2, -0.15) is 5.06 Å². The van der Waals surface area contributed by atoms with E-state index in [1.807, 2.05) is 0 Å². The Balaban J connectivity index is 0.00000280. The Kier molecular flexibility index (Phi) is 7.15. The molecule has 3 rings (SSSR count). The van der Waals surface area contributed by atoms with Crippen LogP contribution in [0.1, 0.15) is 24.3 Å². The fraction of sp³-hybridized carbons (Fsp3) is 0.533.